The first-order valence-corrected chi connectivity index (χ1v) is 5.65. The normalized spacial score (nSPS) is 13.4. The molecule has 0 unspecified atom stereocenters. The Balaban J connectivity index is 0.00000256. The summed E-state index contributed by atoms with van der Waals surface area (Å²) in [5, 5.41) is 9.48. The van der Waals surface area contributed by atoms with Gasteiger partial charge in [-0.25, -0.2) is 0 Å². The van der Waals surface area contributed by atoms with E-state index >= 15 is 0 Å². The molecular formula is C14H22ClNO. The minimum atomic E-state index is 0. The molecule has 1 N–H and O–H groups in total. The van der Waals surface area contributed by atoms with E-state index in [1.54, 1.807) is 6.07 Å². The van der Waals surface area contributed by atoms with Crippen molar-refractivity contribution < 1.29 is 5.11 Å². The number of phenols is 1. The molecule has 0 bridgehead atoms. The fourth-order valence-electron chi connectivity index (χ4n) is 2.07. The van der Waals surface area contributed by atoms with Gasteiger partial charge < -0.3 is 10.0 Å². The number of rotatable bonds is 4. The molecule has 0 radical (unpaired) electrons. The van der Waals surface area contributed by atoms with Crippen LogP contribution in [-0.2, 0) is 0 Å². The molecule has 0 aliphatic heterocycles. The molecule has 2 nitrogen and oxygen atoms in total. The van der Waals surface area contributed by atoms with Crippen molar-refractivity contribution in [2.75, 3.05) is 20.6 Å². The summed E-state index contributed by atoms with van der Waals surface area (Å²) in [7, 11) is 4.15. The number of phenolic OH excluding ortho intramolecular Hbond substituents is 1. The zero-order valence-corrected chi connectivity index (χ0v) is 11.8. The highest BCUT2D eigenvalue weighted by molar-refractivity contribution is 5.85. The summed E-state index contributed by atoms with van der Waals surface area (Å²) in [6.07, 6.45) is 2.13. The highest BCUT2D eigenvalue weighted by atomic mass is 35.5. The maximum atomic E-state index is 9.48. The number of benzene rings is 1. The average molecular weight is 256 g/mol. The van der Waals surface area contributed by atoms with E-state index in [9.17, 15) is 5.11 Å². The summed E-state index contributed by atoms with van der Waals surface area (Å²) < 4.78 is 0. The van der Waals surface area contributed by atoms with Gasteiger partial charge in [0, 0.05) is 6.54 Å². The van der Waals surface area contributed by atoms with Gasteiger partial charge in [-0.05, 0) is 50.2 Å². The highest BCUT2D eigenvalue weighted by Gasteiger charge is 2.11. The lowest BCUT2D eigenvalue weighted by molar-refractivity contribution is 0.376. The molecule has 1 aromatic carbocycles. The molecule has 0 saturated heterocycles. The summed E-state index contributed by atoms with van der Waals surface area (Å²) in [4.78, 5) is 2.18. The van der Waals surface area contributed by atoms with Gasteiger partial charge in [-0.2, -0.15) is 0 Å². The number of aromatic hydroxyl groups is 1. The molecule has 17 heavy (non-hydrogen) atoms. The van der Waals surface area contributed by atoms with Crippen LogP contribution in [0.25, 0.3) is 5.57 Å². The van der Waals surface area contributed by atoms with Crippen LogP contribution in [0.2, 0.25) is 0 Å². The van der Waals surface area contributed by atoms with Crippen molar-refractivity contribution >= 4 is 18.0 Å². The lowest BCUT2D eigenvalue weighted by atomic mass is 9.93. The molecule has 96 valence electrons. The first-order valence-electron chi connectivity index (χ1n) is 5.65. The van der Waals surface area contributed by atoms with Crippen LogP contribution in [0.15, 0.2) is 30.3 Å². The largest absolute Gasteiger partial charge is 0.508 e. The molecular weight excluding hydrogens is 234 g/mol. The van der Waals surface area contributed by atoms with E-state index in [1.807, 2.05) is 25.1 Å². The van der Waals surface area contributed by atoms with Gasteiger partial charge in [-0.3, -0.25) is 0 Å². The van der Waals surface area contributed by atoms with Gasteiger partial charge in [0.25, 0.3) is 0 Å². The Bertz CT molecular complexity index is 374. The minimum Gasteiger partial charge on any atom is -0.508 e. The molecule has 0 aliphatic rings. The van der Waals surface area contributed by atoms with Crippen LogP contribution in [0.1, 0.15) is 19.4 Å². The molecule has 3 heteroatoms. The Labute approximate surface area is 110 Å². The molecule has 0 fully saturated rings. The second kappa shape index (κ2) is 7.36. The molecule has 0 aliphatic carbocycles. The van der Waals surface area contributed by atoms with Crippen LogP contribution in [0.3, 0.4) is 0 Å². The maximum Gasteiger partial charge on any atom is 0.116 e. The van der Waals surface area contributed by atoms with Gasteiger partial charge in [-0.1, -0.05) is 25.1 Å². The van der Waals surface area contributed by atoms with Crippen molar-refractivity contribution in [3.05, 3.63) is 35.9 Å². The van der Waals surface area contributed by atoms with Crippen molar-refractivity contribution in [2.24, 2.45) is 5.92 Å². The van der Waals surface area contributed by atoms with Crippen molar-refractivity contribution in [3.8, 4) is 5.75 Å². The van der Waals surface area contributed by atoms with E-state index < -0.39 is 0 Å². The summed E-state index contributed by atoms with van der Waals surface area (Å²) in [6.45, 7) is 5.26. The Morgan fingerprint density at radius 3 is 2.53 bits per heavy atom. The van der Waals surface area contributed by atoms with Gasteiger partial charge in [0.05, 0.1) is 0 Å². The maximum absolute atomic E-state index is 9.48. The lowest BCUT2D eigenvalue weighted by Crippen LogP contribution is -2.20. The molecule has 0 aromatic heterocycles. The van der Waals surface area contributed by atoms with Gasteiger partial charge in [-0.15, -0.1) is 12.4 Å². The molecule has 1 aromatic rings. The van der Waals surface area contributed by atoms with Crippen LogP contribution in [0, 0.1) is 5.92 Å². The molecule has 0 spiro atoms. The standard InChI is InChI=1S/C14H21NO.ClH/c1-5-14(11(2)10-15(3)4)12-7-6-8-13(16)9-12;/h5-9,11,16H,10H2,1-4H3;1H/b14-5-;/t11-;/m0./s1. The second-order valence-corrected chi connectivity index (χ2v) is 4.46. The molecule has 0 heterocycles. The smallest absolute Gasteiger partial charge is 0.116 e. The fraction of sp³-hybridized carbons (Fsp3) is 0.429. The summed E-state index contributed by atoms with van der Waals surface area (Å²) >= 11 is 0. The van der Waals surface area contributed by atoms with E-state index in [0.29, 0.717) is 11.7 Å². The van der Waals surface area contributed by atoms with Crippen molar-refractivity contribution in [2.45, 2.75) is 13.8 Å². The van der Waals surface area contributed by atoms with Crippen LogP contribution < -0.4 is 0 Å². The number of hydrogen-bond donors (Lipinski definition) is 1. The van der Waals surface area contributed by atoms with Crippen molar-refractivity contribution in [3.63, 3.8) is 0 Å². The zero-order valence-electron chi connectivity index (χ0n) is 11.0. The van der Waals surface area contributed by atoms with E-state index in [4.69, 9.17) is 0 Å². The van der Waals surface area contributed by atoms with Gasteiger partial charge in [0.2, 0.25) is 0 Å². The average Bonchev–Trinajstić information content (AvgIpc) is 2.17. The Kier molecular flexibility index (Phi) is 6.93. The summed E-state index contributed by atoms with van der Waals surface area (Å²) in [6, 6.07) is 7.45. The molecule has 0 amide bonds. The van der Waals surface area contributed by atoms with Crippen molar-refractivity contribution in [1.29, 1.82) is 0 Å². The molecule has 1 atom stereocenters. The summed E-state index contributed by atoms with van der Waals surface area (Å²) in [5.74, 6) is 0.788. The predicted molar refractivity (Wildman–Crippen MR) is 76.7 cm³/mol. The number of hydrogen-bond acceptors (Lipinski definition) is 2. The topological polar surface area (TPSA) is 23.5 Å². The van der Waals surface area contributed by atoms with E-state index in [2.05, 4.69) is 32.0 Å². The van der Waals surface area contributed by atoms with E-state index in [-0.39, 0.29) is 12.4 Å². The third-order valence-electron chi connectivity index (χ3n) is 2.66. The highest BCUT2D eigenvalue weighted by Crippen LogP contribution is 2.26. The number of halogens is 1. The first kappa shape index (κ1) is 16.0. The first-order chi connectivity index (χ1) is 7.54. The molecule has 0 saturated carbocycles. The van der Waals surface area contributed by atoms with Crippen LogP contribution >= 0.6 is 12.4 Å². The predicted octanol–water partition coefficient (Wildman–Crippen LogP) is 3.42. The number of nitrogens with zero attached hydrogens (tertiary/aromatic N) is 1. The minimum absolute atomic E-state index is 0. The van der Waals surface area contributed by atoms with E-state index in [0.717, 1.165) is 12.1 Å². The summed E-state index contributed by atoms with van der Waals surface area (Å²) in [5.41, 5.74) is 2.39. The number of allylic oxidation sites excluding steroid dienone is 1. The lowest BCUT2D eigenvalue weighted by Gasteiger charge is -2.20. The monoisotopic (exact) mass is 255 g/mol. The van der Waals surface area contributed by atoms with Gasteiger partial charge >= 0.3 is 0 Å². The quantitative estimate of drug-likeness (QED) is 0.891. The third-order valence-corrected chi connectivity index (χ3v) is 2.66. The van der Waals surface area contributed by atoms with Crippen LogP contribution in [0.4, 0.5) is 0 Å². The molecule has 1 rings (SSSR count). The van der Waals surface area contributed by atoms with Crippen LogP contribution in [-0.4, -0.2) is 30.6 Å². The van der Waals surface area contributed by atoms with Crippen molar-refractivity contribution in [1.82, 2.24) is 4.90 Å². The van der Waals surface area contributed by atoms with Crippen LogP contribution in [0.5, 0.6) is 5.75 Å². The second-order valence-electron chi connectivity index (χ2n) is 4.46. The fourth-order valence-corrected chi connectivity index (χ4v) is 2.07. The Morgan fingerprint density at radius 1 is 1.41 bits per heavy atom. The Morgan fingerprint density at radius 2 is 2.06 bits per heavy atom. The van der Waals surface area contributed by atoms with Gasteiger partial charge in [0.1, 0.15) is 5.75 Å². The zero-order chi connectivity index (χ0) is 12.1. The third kappa shape index (κ3) is 4.80. The SMILES string of the molecule is C/C=C(\c1cccc(O)c1)[C@@H](C)CN(C)C.Cl. The Hall–Kier alpha value is -0.990. The van der Waals surface area contributed by atoms with Gasteiger partial charge in [0.15, 0.2) is 0 Å². The van der Waals surface area contributed by atoms with E-state index in [1.165, 1.54) is 5.57 Å².